The molecule has 1 unspecified atom stereocenters. The Morgan fingerprint density at radius 2 is 1.90 bits per heavy atom. The molecule has 0 aliphatic carbocycles. The molecule has 1 heterocycles. The third-order valence-corrected chi connectivity index (χ3v) is 5.53. The van der Waals surface area contributed by atoms with E-state index in [0.717, 1.165) is 13.1 Å². The first kappa shape index (κ1) is 16.1. The highest BCUT2D eigenvalue weighted by Crippen LogP contribution is 2.44. The summed E-state index contributed by atoms with van der Waals surface area (Å²) in [5.74, 6) is 0.915. The fourth-order valence-corrected chi connectivity index (χ4v) is 5.05. The summed E-state index contributed by atoms with van der Waals surface area (Å²) in [6.45, 7) is 0. The van der Waals surface area contributed by atoms with E-state index < -0.39 is 6.10 Å². The van der Waals surface area contributed by atoms with Gasteiger partial charge in [0.05, 0.1) is 21.8 Å². The monoisotopic (exact) mass is 440 g/mol. The van der Waals surface area contributed by atoms with Gasteiger partial charge in [0.15, 0.2) is 0 Å². The molecule has 1 N–H and O–H groups in total. The quantitative estimate of drug-likeness (QED) is 0.722. The van der Waals surface area contributed by atoms with Crippen molar-refractivity contribution in [3.8, 4) is 11.5 Å². The molecule has 1 aromatic heterocycles. The van der Waals surface area contributed by atoms with Gasteiger partial charge in [-0.15, -0.1) is 11.3 Å². The standard InChI is InChI=1S/C13H11Br2ClO3S/c1-18-8-4-3-6(12(19-2)10(8)16)11(17)7-5-9(14)20-13(7)15/h3-5,11,17H,1-2H3. The number of aliphatic hydroxyl groups is 1. The average Bonchev–Trinajstić information content (AvgIpc) is 2.76. The molecule has 0 fully saturated rings. The highest BCUT2D eigenvalue weighted by molar-refractivity contribution is 9.12. The molecule has 0 bridgehead atoms. The Hall–Kier alpha value is -0.270. The Bertz CT molecular complexity index is 630. The molecule has 0 radical (unpaired) electrons. The summed E-state index contributed by atoms with van der Waals surface area (Å²) in [6.07, 6.45) is -0.842. The summed E-state index contributed by atoms with van der Waals surface area (Å²) in [6, 6.07) is 5.31. The number of halogens is 3. The molecule has 2 aromatic rings. The largest absolute Gasteiger partial charge is 0.495 e. The predicted molar refractivity (Wildman–Crippen MR) is 88.3 cm³/mol. The predicted octanol–water partition coefficient (Wildman–Crippen LogP) is 5.03. The Morgan fingerprint density at radius 1 is 1.20 bits per heavy atom. The van der Waals surface area contributed by atoms with Gasteiger partial charge >= 0.3 is 0 Å². The minimum atomic E-state index is -0.842. The van der Waals surface area contributed by atoms with Gasteiger partial charge in [-0.25, -0.2) is 0 Å². The zero-order chi connectivity index (χ0) is 14.9. The number of hydrogen-bond donors (Lipinski definition) is 1. The van der Waals surface area contributed by atoms with Gasteiger partial charge in [0.1, 0.15) is 22.6 Å². The molecular formula is C13H11Br2ClO3S. The van der Waals surface area contributed by atoms with Crippen LogP contribution in [0.2, 0.25) is 5.02 Å². The molecule has 20 heavy (non-hydrogen) atoms. The van der Waals surface area contributed by atoms with Gasteiger partial charge in [-0.3, -0.25) is 0 Å². The molecular weight excluding hydrogens is 431 g/mol. The zero-order valence-corrected chi connectivity index (χ0v) is 15.4. The van der Waals surface area contributed by atoms with Crippen LogP contribution in [0.4, 0.5) is 0 Å². The van der Waals surface area contributed by atoms with Crippen LogP contribution in [0.5, 0.6) is 11.5 Å². The lowest BCUT2D eigenvalue weighted by molar-refractivity contribution is 0.214. The molecule has 3 nitrogen and oxygen atoms in total. The second-order valence-corrected chi connectivity index (χ2v) is 8.01. The van der Waals surface area contributed by atoms with Gasteiger partial charge in [0, 0.05) is 11.1 Å². The van der Waals surface area contributed by atoms with E-state index in [0.29, 0.717) is 22.1 Å². The molecule has 1 aromatic carbocycles. The maximum atomic E-state index is 10.6. The number of rotatable bonds is 4. The molecule has 0 saturated heterocycles. The van der Waals surface area contributed by atoms with Crippen molar-refractivity contribution in [2.24, 2.45) is 0 Å². The molecule has 1 atom stereocenters. The van der Waals surface area contributed by atoms with Crippen molar-refractivity contribution in [1.29, 1.82) is 0 Å². The Kier molecular flexibility index (Phi) is 5.36. The Labute approximate surface area is 142 Å². The third kappa shape index (κ3) is 2.99. The topological polar surface area (TPSA) is 38.7 Å². The van der Waals surface area contributed by atoms with Crippen molar-refractivity contribution in [3.05, 3.63) is 41.9 Å². The molecule has 108 valence electrons. The van der Waals surface area contributed by atoms with Crippen molar-refractivity contribution < 1.29 is 14.6 Å². The van der Waals surface area contributed by atoms with Gasteiger partial charge in [-0.2, -0.15) is 0 Å². The van der Waals surface area contributed by atoms with Crippen molar-refractivity contribution in [2.75, 3.05) is 14.2 Å². The van der Waals surface area contributed by atoms with E-state index in [1.54, 1.807) is 12.1 Å². The van der Waals surface area contributed by atoms with Gasteiger partial charge < -0.3 is 14.6 Å². The lowest BCUT2D eigenvalue weighted by Crippen LogP contribution is -2.03. The number of thiophene rings is 1. The summed E-state index contributed by atoms with van der Waals surface area (Å²) in [4.78, 5) is 0. The first-order chi connectivity index (χ1) is 9.49. The molecule has 2 rings (SSSR count). The van der Waals surface area contributed by atoms with E-state index in [2.05, 4.69) is 31.9 Å². The fraction of sp³-hybridized carbons (Fsp3) is 0.231. The molecule has 0 spiro atoms. The first-order valence-electron chi connectivity index (χ1n) is 5.52. The van der Waals surface area contributed by atoms with Crippen LogP contribution in [0.3, 0.4) is 0 Å². The second-order valence-electron chi connectivity index (χ2n) is 3.89. The summed E-state index contributed by atoms with van der Waals surface area (Å²) in [7, 11) is 3.04. The first-order valence-corrected chi connectivity index (χ1v) is 8.30. The van der Waals surface area contributed by atoms with Crippen LogP contribution in [0, 0.1) is 0 Å². The second kappa shape index (κ2) is 6.66. The minimum Gasteiger partial charge on any atom is -0.495 e. The summed E-state index contributed by atoms with van der Waals surface area (Å²) in [5.41, 5.74) is 1.34. The van der Waals surface area contributed by atoms with Crippen LogP contribution < -0.4 is 9.47 Å². The maximum Gasteiger partial charge on any atom is 0.147 e. The SMILES string of the molecule is COc1ccc(C(O)c2cc(Br)sc2Br)c(OC)c1Cl. The smallest absolute Gasteiger partial charge is 0.147 e. The van der Waals surface area contributed by atoms with Crippen LogP contribution in [0.1, 0.15) is 17.2 Å². The van der Waals surface area contributed by atoms with Crippen LogP contribution in [0.15, 0.2) is 25.8 Å². The highest BCUT2D eigenvalue weighted by Gasteiger charge is 2.23. The molecule has 0 aliphatic rings. The van der Waals surface area contributed by atoms with Gasteiger partial charge in [0.25, 0.3) is 0 Å². The van der Waals surface area contributed by atoms with Crippen LogP contribution in [0.25, 0.3) is 0 Å². The lowest BCUT2D eigenvalue weighted by atomic mass is 10.0. The summed E-state index contributed by atoms with van der Waals surface area (Å²) in [5, 5.41) is 10.9. The molecule has 0 saturated carbocycles. The zero-order valence-electron chi connectivity index (χ0n) is 10.6. The number of methoxy groups -OCH3 is 2. The normalized spacial score (nSPS) is 12.3. The van der Waals surface area contributed by atoms with Gasteiger partial charge in [0.2, 0.25) is 0 Å². The number of benzene rings is 1. The third-order valence-electron chi connectivity index (χ3n) is 2.79. The summed E-state index contributed by atoms with van der Waals surface area (Å²) >= 11 is 14.5. The van der Waals surface area contributed by atoms with E-state index in [4.69, 9.17) is 21.1 Å². The van der Waals surface area contributed by atoms with E-state index in [1.807, 2.05) is 6.07 Å². The number of aliphatic hydroxyl groups excluding tert-OH is 1. The van der Waals surface area contributed by atoms with Crippen LogP contribution in [-0.4, -0.2) is 19.3 Å². The minimum absolute atomic E-state index is 0.344. The van der Waals surface area contributed by atoms with E-state index in [9.17, 15) is 5.11 Å². The van der Waals surface area contributed by atoms with Crippen LogP contribution >= 0.6 is 54.8 Å². The van der Waals surface area contributed by atoms with Crippen molar-refractivity contribution >= 4 is 54.8 Å². The van der Waals surface area contributed by atoms with Crippen molar-refractivity contribution in [1.82, 2.24) is 0 Å². The summed E-state index contributed by atoms with van der Waals surface area (Å²) < 4.78 is 12.2. The Morgan fingerprint density at radius 3 is 2.40 bits per heavy atom. The van der Waals surface area contributed by atoms with Gasteiger partial charge in [-0.05, 0) is 50.1 Å². The fourth-order valence-electron chi connectivity index (χ4n) is 1.84. The van der Waals surface area contributed by atoms with Crippen molar-refractivity contribution in [2.45, 2.75) is 6.10 Å². The van der Waals surface area contributed by atoms with E-state index in [-0.39, 0.29) is 0 Å². The number of ether oxygens (including phenoxy) is 2. The Balaban J connectivity index is 2.52. The lowest BCUT2D eigenvalue weighted by Gasteiger charge is -2.17. The highest BCUT2D eigenvalue weighted by atomic mass is 79.9. The molecule has 0 amide bonds. The van der Waals surface area contributed by atoms with Gasteiger partial charge in [-0.1, -0.05) is 11.6 Å². The van der Waals surface area contributed by atoms with Crippen LogP contribution in [-0.2, 0) is 0 Å². The number of hydrogen-bond acceptors (Lipinski definition) is 4. The molecule has 0 aliphatic heterocycles. The average molecular weight is 443 g/mol. The van der Waals surface area contributed by atoms with E-state index >= 15 is 0 Å². The maximum absolute atomic E-state index is 10.6. The molecule has 7 heteroatoms. The van der Waals surface area contributed by atoms with Crippen molar-refractivity contribution in [3.63, 3.8) is 0 Å². The van der Waals surface area contributed by atoms with E-state index in [1.165, 1.54) is 25.6 Å².